The largest absolute Gasteiger partial charge is 0.362 e. The van der Waals surface area contributed by atoms with Crippen LogP contribution in [-0.4, -0.2) is 28.4 Å². The van der Waals surface area contributed by atoms with Gasteiger partial charge >= 0.3 is 0 Å². The maximum Gasteiger partial charge on any atom is 0.293 e. The van der Waals surface area contributed by atoms with E-state index in [0.29, 0.717) is 0 Å². The third-order valence-electron chi connectivity index (χ3n) is 4.65. The Morgan fingerprint density at radius 2 is 2.00 bits per heavy atom. The van der Waals surface area contributed by atoms with Crippen LogP contribution in [0, 0.1) is 22.0 Å². The molecule has 7 heteroatoms. The summed E-state index contributed by atoms with van der Waals surface area (Å²) in [5, 5.41) is 11.2. The minimum atomic E-state index is -0.805. The number of anilines is 1. The lowest BCUT2D eigenvalue weighted by atomic mass is 9.78. The third-order valence-corrected chi connectivity index (χ3v) is 4.65. The van der Waals surface area contributed by atoms with Gasteiger partial charge in [-0.1, -0.05) is 24.3 Å². The summed E-state index contributed by atoms with van der Waals surface area (Å²) in [6.45, 7) is 1.77. The summed E-state index contributed by atoms with van der Waals surface area (Å²) in [5.41, 5.74) is -1.03. The van der Waals surface area contributed by atoms with E-state index < -0.39 is 40.3 Å². The van der Waals surface area contributed by atoms with Crippen LogP contribution >= 0.6 is 0 Å². The highest BCUT2D eigenvalue weighted by Crippen LogP contribution is 2.52. The van der Waals surface area contributed by atoms with Crippen LogP contribution in [0.15, 0.2) is 36.4 Å². The van der Waals surface area contributed by atoms with Crippen LogP contribution in [0.4, 0.5) is 11.4 Å². The van der Waals surface area contributed by atoms with Gasteiger partial charge in [0, 0.05) is 6.07 Å². The maximum atomic E-state index is 12.7. The van der Waals surface area contributed by atoms with Gasteiger partial charge in [-0.2, -0.15) is 0 Å². The summed E-state index contributed by atoms with van der Waals surface area (Å²) in [6, 6.07) is 5.79. The molecular formula is C15H12N2O5. The third kappa shape index (κ3) is 1.43. The van der Waals surface area contributed by atoms with Crippen molar-refractivity contribution in [3.05, 3.63) is 46.5 Å². The second-order valence-electron chi connectivity index (χ2n) is 5.89. The Labute approximate surface area is 125 Å². The highest BCUT2D eigenvalue weighted by Gasteiger charge is 2.66. The van der Waals surface area contributed by atoms with Gasteiger partial charge in [0.05, 0.1) is 28.5 Å². The summed E-state index contributed by atoms with van der Waals surface area (Å²) < 4.78 is 5.72. The molecule has 0 spiro atoms. The Balaban J connectivity index is 1.82. The molecule has 0 saturated carbocycles. The van der Waals surface area contributed by atoms with Crippen molar-refractivity contribution in [1.29, 1.82) is 0 Å². The minimum Gasteiger partial charge on any atom is -0.362 e. The molecule has 4 rings (SSSR count). The molecule has 2 amide bonds. The second-order valence-corrected chi connectivity index (χ2v) is 5.89. The fraction of sp³-hybridized carbons (Fsp3) is 0.333. The van der Waals surface area contributed by atoms with E-state index in [1.807, 2.05) is 0 Å². The van der Waals surface area contributed by atoms with Crippen molar-refractivity contribution in [2.75, 3.05) is 4.90 Å². The summed E-state index contributed by atoms with van der Waals surface area (Å²) in [6.07, 6.45) is 3.15. The number of carbonyl (C=O) groups is 2. The first kappa shape index (κ1) is 13.1. The first-order valence-electron chi connectivity index (χ1n) is 6.92. The van der Waals surface area contributed by atoms with Crippen LogP contribution < -0.4 is 4.90 Å². The lowest BCUT2D eigenvalue weighted by Gasteiger charge is -2.23. The fourth-order valence-electron chi connectivity index (χ4n) is 3.70. The average molecular weight is 300 g/mol. The standard InChI is InChI=1S/C15H12N2O5/c1-15-7-6-10(22-15)11-12(15)14(19)16(13(11)18)8-4-2-3-5-9(8)17(20)21/h2-7,10-12H,1H3/t10-,11+,12-,15-/m1/s1. The zero-order chi connectivity index (χ0) is 15.6. The van der Waals surface area contributed by atoms with Crippen molar-refractivity contribution in [3.63, 3.8) is 0 Å². The van der Waals surface area contributed by atoms with E-state index in [1.54, 1.807) is 25.1 Å². The van der Waals surface area contributed by atoms with Crippen LogP contribution in [0.5, 0.6) is 0 Å². The Morgan fingerprint density at radius 1 is 1.27 bits per heavy atom. The molecule has 0 radical (unpaired) electrons. The number of imide groups is 1. The van der Waals surface area contributed by atoms with Gasteiger partial charge in [0.1, 0.15) is 5.69 Å². The molecule has 4 atom stereocenters. The Kier molecular flexibility index (Phi) is 2.40. The smallest absolute Gasteiger partial charge is 0.293 e. The number of amides is 2. The highest BCUT2D eigenvalue weighted by molar-refractivity contribution is 6.24. The van der Waals surface area contributed by atoms with Gasteiger partial charge in [-0.3, -0.25) is 19.7 Å². The number of ether oxygens (including phenoxy) is 1. The molecule has 1 aromatic carbocycles. The summed E-state index contributed by atoms with van der Waals surface area (Å²) >= 11 is 0. The highest BCUT2D eigenvalue weighted by atomic mass is 16.6. The molecule has 2 fully saturated rings. The van der Waals surface area contributed by atoms with Crippen molar-refractivity contribution in [3.8, 4) is 0 Å². The van der Waals surface area contributed by atoms with Gasteiger partial charge in [-0.05, 0) is 13.0 Å². The van der Waals surface area contributed by atoms with E-state index in [1.165, 1.54) is 18.2 Å². The van der Waals surface area contributed by atoms with Crippen LogP contribution in [0.2, 0.25) is 0 Å². The molecule has 2 saturated heterocycles. The van der Waals surface area contributed by atoms with Gasteiger partial charge in [0.2, 0.25) is 11.8 Å². The number of carbonyl (C=O) groups excluding carboxylic acids is 2. The number of nitro groups is 1. The lowest BCUT2D eigenvalue weighted by Crippen LogP contribution is -2.38. The van der Waals surface area contributed by atoms with Crippen molar-refractivity contribution in [1.82, 2.24) is 0 Å². The predicted molar refractivity (Wildman–Crippen MR) is 75.0 cm³/mol. The molecule has 0 aliphatic carbocycles. The van der Waals surface area contributed by atoms with Crippen LogP contribution in [0.25, 0.3) is 0 Å². The first-order chi connectivity index (χ1) is 10.4. The summed E-state index contributed by atoms with van der Waals surface area (Å²) in [7, 11) is 0. The molecule has 0 N–H and O–H groups in total. The Hall–Kier alpha value is -2.54. The molecular weight excluding hydrogens is 288 g/mol. The van der Waals surface area contributed by atoms with Gasteiger partial charge < -0.3 is 4.74 Å². The van der Waals surface area contributed by atoms with Crippen LogP contribution in [0.1, 0.15) is 6.92 Å². The van der Waals surface area contributed by atoms with E-state index in [0.717, 1.165) is 4.90 Å². The molecule has 0 unspecified atom stereocenters. The zero-order valence-corrected chi connectivity index (χ0v) is 11.6. The molecule has 1 aromatic rings. The van der Waals surface area contributed by atoms with E-state index >= 15 is 0 Å². The minimum absolute atomic E-state index is 0.0277. The van der Waals surface area contributed by atoms with Crippen molar-refractivity contribution < 1.29 is 19.2 Å². The molecule has 0 aromatic heterocycles. The van der Waals surface area contributed by atoms with Gasteiger partial charge in [-0.15, -0.1) is 0 Å². The fourth-order valence-corrected chi connectivity index (χ4v) is 3.70. The number of rotatable bonds is 2. The summed E-state index contributed by atoms with van der Waals surface area (Å²) in [4.78, 5) is 36.9. The monoisotopic (exact) mass is 300 g/mol. The number of hydrogen-bond donors (Lipinski definition) is 0. The van der Waals surface area contributed by atoms with Gasteiger partial charge in [0.15, 0.2) is 0 Å². The summed E-state index contributed by atoms with van der Waals surface area (Å²) in [5.74, 6) is -2.07. The quantitative estimate of drug-likeness (QED) is 0.357. The van der Waals surface area contributed by atoms with Gasteiger partial charge in [-0.25, -0.2) is 4.90 Å². The molecule has 3 heterocycles. The van der Waals surface area contributed by atoms with Gasteiger partial charge in [0.25, 0.3) is 5.69 Å². The van der Waals surface area contributed by atoms with E-state index in [-0.39, 0.29) is 11.4 Å². The molecule has 7 nitrogen and oxygen atoms in total. The average Bonchev–Trinajstić information content (AvgIpc) is 3.08. The number of hydrogen-bond acceptors (Lipinski definition) is 5. The SMILES string of the molecule is C[C@]12C=C[C@@H](O1)[C@@H]1C(=O)N(c3ccccc3[N+](=O)[O-])C(=O)[C@@H]12. The number of nitro benzene ring substituents is 1. The zero-order valence-electron chi connectivity index (χ0n) is 11.6. The lowest BCUT2D eigenvalue weighted by molar-refractivity contribution is -0.384. The molecule has 22 heavy (non-hydrogen) atoms. The van der Waals surface area contributed by atoms with E-state index in [4.69, 9.17) is 4.74 Å². The topological polar surface area (TPSA) is 89.8 Å². The van der Waals surface area contributed by atoms with Crippen molar-refractivity contribution in [2.45, 2.75) is 18.6 Å². The number of para-hydroxylation sites is 2. The Bertz CT molecular complexity index is 758. The second kappa shape index (κ2) is 4.01. The van der Waals surface area contributed by atoms with E-state index in [2.05, 4.69) is 0 Å². The first-order valence-corrected chi connectivity index (χ1v) is 6.92. The molecule has 2 bridgehead atoms. The van der Waals surface area contributed by atoms with Crippen molar-refractivity contribution in [2.24, 2.45) is 11.8 Å². The van der Waals surface area contributed by atoms with E-state index in [9.17, 15) is 19.7 Å². The predicted octanol–water partition coefficient (Wildman–Crippen LogP) is 1.43. The van der Waals surface area contributed by atoms with Crippen LogP contribution in [0.3, 0.4) is 0 Å². The molecule has 112 valence electrons. The van der Waals surface area contributed by atoms with Crippen LogP contribution in [-0.2, 0) is 14.3 Å². The number of fused-ring (bicyclic) bond motifs is 5. The number of nitrogens with zero attached hydrogens (tertiary/aromatic N) is 2. The molecule has 3 aliphatic heterocycles. The van der Waals surface area contributed by atoms with Crippen molar-refractivity contribution >= 4 is 23.2 Å². The molecule has 3 aliphatic rings. The normalized spacial score (nSPS) is 35.3. The Morgan fingerprint density at radius 3 is 2.68 bits per heavy atom. The maximum absolute atomic E-state index is 12.7. The number of benzene rings is 1.